The average molecular weight is 282 g/mol. The third kappa shape index (κ3) is 2.41. The van der Waals surface area contributed by atoms with Crippen LogP contribution in [0.5, 0.6) is 0 Å². The zero-order valence-corrected chi connectivity index (χ0v) is 10.5. The van der Waals surface area contributed by atoms with Gasteiger partial charge in [-0.3, -0.25) is 9.48 Å². The highest BCUT2D eigenvalue weighted by molar-refractivity contribution is 9.10. The Balaban J connectivity index is 2.18. The monoisotopic (exact) mass is 281 g/mol. The Bertz CT molecular complexity index is 531. The topological polar surface area (TPSA) is 39.8 Å². The van der Waals surface area contributed by atoms with Crippen molar-refractivity contribution in [3.63, 3.8) is 0 Å². The molecule has 0 aliphatic heterocycles. The molecule has 0 spiro atoms. The van der Waals surface area contributed by atoms with Crippen molar-refractivity contribution in [2.45, 2.75) is 20.0 Å². The molecule has 4 nitrogen and oxygen atoms in total. The number of nitrogens with zero attached hydrogens (tertiary/aromatic N) is 3. The van der Waals surface area contributed by atoms with Crippen LogP contribution in [0.2, 0.25) is 0 Å². The van der Waals surface area contributed by atoms with Gasteiger partial charge in [0.2, 0.25) is 0 Å². The number of rotatable bonds is 3. The summed E-state index contributed by atoms with van der Waals surface area (Å²) in [6.45, 7) is 3.14. The van der Waals surface area contributed by atoms with E-state index in [0.29, 0.717) is 13.1 Å². The average Bonchev–Trinajstić information content (AvgIpc) is 2.74. The molecule has 0 atom stereocenters. The van der Waals surface area contributed by atoms with Gasteiger partial charge >= 0.3 is 0 Å². The van der Waals surface area contributed by atoms with Crippen LogP contribution in [0.1, 0.15) is 5.56 Å². The van der Waals surface area contributed by atoms with Gasteiger partial charge in [-0.15, -0.1) is 0 Å². The molecule has 0 saturated heterocycles. The summed E-state index contributed by atoms with van der Waals surface area (Å²) in [5.74, 6) is 0. The molecule has 0 amide bonds. The fraction of sp³-hybridized carbons (Fsp3) is 0.273. The molecule has 0 bridgehead atoms. The van der Waals surface area contributed by atoms with Crippen molar-refractivity contribution in [1.29, 1.82) is 0 Å². The fourth-order valence-electron chi connectivity index (χ4n) is 1.55. The summed E-state index contributed by atoms with van der Waals surface area (Å²) in [5.41, 5.74) is 0.796. The molecule has 2 rings (SSSR count). The van der Waals surface area contributed by atoms with Gasteiger partial charge in [0.1, 0.15) is 0 Å². The molecular weight excluding hydrogens is 270 g/mol. The standard InChI is InChI=1S/C11H12BrN3O/c1-9-7-10(12)8-14(11(9)16)5-6-15-4-2-3-13-15/h2-4,7-8H,5-6H2,1H3. The number of aromatic nitrogens is 3. The van der Waals surface area contributed by atoms with Crippen molar-refractivity contribution < 1.29 is 0 Å². The van der Waals surface area contributed by atoms with Gasteiger partial charge in [0.05, 0.1) is 6.54 Å². The maximum atomic E-state index is 11.8. The molecule has 5 heteroatoms. The minimum atomic E-state index is 0.0513. The minimum absolute atomic E-state index is 0.0513. The van der Waals surface area contributed by atoms with E-state index in [1.165, 1.54) is 0 Å². The molecule has 0 aromatic carbocycles. The van der Waals surface area contributed by atoms with Gasteiger partial charge in [-0.25, -0.2) is 0 Å². The third-order valence-corrected chi connectivity index (χ3v) is 2.79. The Kier molecular flexibility index (Phi) is 3.24. The third-order valence-electron chi connectivity index (χ3n) is 2.36. The molecule has 0 radical (unpaired) electrons. The molecule has 2 aromatic heterocycles. The second-order valence-corrected chi connectivity index (χ2v) is 4.52. The van der Waals surface area contributed by atoms with Gasteiger partial charge in [0, 0.05) is 35.2 Å². The van der Waals surface area contributed by atoms with E-state index < -0.39 is 0 Å². The van der Waals surface area contributed by atoms with E-state index in [1.54, 1.807) is 17.0 Å². The van der Waals surface area contributed by atoms with Gasteiger partial charge in [0.25, 0.3) is 5.56 Å². The first-order chi connectivity index (χ1) is 7.66. The lowest BCUT2D eigenvalue weighted by Crippen LogP contribution is -2.23. The highest BCUT2D eigenvalue weighted by Crippen LogP contribution is 2.07. The van der Waals surface area contributed by atoms with Gasteiger partial charge in [-0.05, 0) is 35.0 Å². The van der Waals surface area contributed by atoms with E-state index in [0.717, 1.165) is 10.0 Å². The highest BCUT2D eigenvalue weighted by atomic mass is 79.9. The Hall–Kier alpha value is -1.36. The van der Waals surface area contributed by atoms with Crippen LogP contribution >= 0.6 is 15.9 Å². The zero-order chi connectivity index (χ0) is 11.5. The molecule has 2 aromatic rings. The number of pyridine rings is 1. The summed E-state index contributed by atoms with van der Waals surface area (Å²) in [7, 11) is 0. The Morgan fingerprint density at radius 3 is 2.94 bits per heavy atom. The van der Waals surface area contributed by atoms with E-state index in [1.807, 2.05) is 29.9 Å². The SMILES string of the molecule is Cc1cc(Br)cn(CCn2cccn2)c1=O. The van der Waals surface area contributed by atoms with Crippen molar-refractivity contribution in [1.82, 2.24) is 14.3 Å². The molecule has 0 N–H and O–H groups in total. The predicted molar refractivity (Wildman–Crippen MR) is 65.4 cm³/mol. The van der Waals surface area contributed by atoms with Crippen LogP contribution in [0.25, 0.3) is 0 Å². The Labute approximate surface area is 102 Å². The normalized spacial score (nSPS) is 10.6. The quantitative estimate of drug-likeness (QED) is 0.861. The minimum Gasteiger partial charge on any atom is -0.312 e. The zero-order valence-electron chi connectivity index (χ0n) is 8.93. The molecular formula is C11H12BrN3O. The molecule has 84 valence electrons. The molecule has 0 aliphatic carbocycles. The molecule has 2 heterocycles. The summed E-state index contributed by atoms with van der Waals surface area (Å²) >= 11 is 3.38. The molecule has 16 heavy (non-hydrogen) atoms. The Morgan fingerprint density at radius 1 is 1.44 bits per heavy atom. The van der Waals surface area contributed by atoms with E-state index in [4.69, 9.17) is 0 Å². The first-order valence-electron chi connectivity index (χ1n) is 5.01. The van der Waals surface area contributed by atoms with Gasteiger partial charge in [-0.2, -0.15) is 5.10 Å². The number of aryl methyl sites for hydroxylation is 3. The summed E-state index contributed by atoms with van der Waals surface area (Å²) in [6.07, 6.45) is 5.42. The second kappa shape index (κ2) is 4.65. The van der Waals surface area contributed by atoms with Crippen LogP contribution < -0.4 is 5.56 Å². The van der Waals surface area contributed by atoms with Crippen molar-refractivity contribution in [2.75, 3.05) is 0 Å². The van der Waals surface area contributed by atoms with Gasteiger partial charge in [-0.1, -0.05) is 0 Å². The first-order valence-corrected chi connectivity index (χ1v) is 5.80. The fourth-order valence-corrected chi connectivity index (χ4v) is 2.14. The van der Waals surface area contributed by atoms with E-state index in [9.17, 15) is 4.79 Å². The van der Waals surface area contributed by atoms with Crippen LogP contribution in [0.15, 0.2) is 40.0 Å². The van der Waals surface area contributed by atoms with Crippen LogP contribution in [-0.2, 0) is 13.1 Å². The van der Waals surface area contributed by atoms with Crippen LogP contribution in [0.4, 0.5) is 0 Å². The number of halogens is 1. The van der Waals surface area contributed by atoms with Crippen LogP contribution in [0, 0.1) is 6.92 Å². The lowest BCUT2D eigenvalue weighted by Gasteiger charge is -2.07. The van der Waals surface area contributed by atoms with Crippen molar-refractivity contribution in [2.24, 2.45) is 0 Å². The molecule has 0 saturated carbocycles. The number of hydrogen-bond acceptors (Lipinski definition) is 2. The predicted octanol–water partition coefficient (Wildman–Crippen LogP) is 1.82. The molecule has 0 unspecified atom stereocenters. The maximum Gasteiger partial charge on any atom is 0.253 e. The van der Waals surface area contributed by atoms with E-state index >= 15 is 0 Å². The largest absolute Gasteiger partial charge is 0.312 e. The summed E-state index contributed by atoms with van der Waals surface area (Å²) < 4.78 is 4.43. The van der Waals surface area contributed by atoms with Crippen LogP contribution in [0.3, 0.4) is 0 Å². The smallest absolute Gasteiger partial charge is 0.253 e. The van der Waals surface area contributed by atoms with Gasteiger partial charge < -0.3 is 4.57 Å². The number of hydrogen-bond donors (Lipinski definition) is 0. The van der Waals surface area contributed by atoms with Crippen LogP contribution in [-0.4, -0.2) is 14.3 Å². The lowest BCUT2D eigenvalue weighted by atomic mass is 10.3. The van der Waals surface area contributed by atoms with Crippen molar-refractivity contribution >= 4 is 15.9 Å². The van der Waals surface area contributed by atoms with E-state index in [2.05, 4.69) is 21.0 Å². The Morgan fingerprint density at radius 2 is 2.25 bits per heavy atom. The van der Waals surface area contributed by atoms with Gasteiger partial charge in [0.15, 0.2) is 0 Å². The lowest BCUT2D eigenvalue weighted by molar-refractivity contribution is 0.522. The van der Waals surface area contributed by atoms with E-state index in [-0.39, 0.29) is 5.56 Å². The highest BCUT2D eigenvalue weighted by Gasteiger charge is 2.01. The summed E-state index contributed by atoms with van der Waals surface area (Å²) in [4.78, 5) is 11.8. The molecule has 0 fully saturated rings. The van der Waals surface area contributed by atoms with Crippen molar-refractivity contribution in [3.8, 4) is 0 Å². The summed E-state index contributed by atoms with van der Waals surface area (Å²) in [6, 6.07) is 3.70. The maximum absolute atomic E-state index is 11.8. The summed E-state index contributed by atoms with van der Waals surface area (Å²) in [5, 5.41) is 4.10. The second-order valence-electron chi connectivity index (χ2n) is 3.61. The molecule has 0 aliphatic rings. The first kappa shape index (κ1) is 11.1. The van der Waals surface area contributed by atoms with Crippen molar-refractivity contribution in [3.05, 3.63) is 51.1 Å².